The normalized spacial score (nSPS) is 15.3. The third-order valence-corrected chi connectivity index (χ3v) is 2.64. The number of hydrogen-bond acceptors (Lipinski definition) is 3. The van der Waals surface area contributed by atoms with E-state index in [1.807, 2.05) is 6.92 Å². The van der Waals surface area contributed by atoms with E-state index in [4.69, 9.17) is 0 Å². The number of nitrogens with zero attached hydrogens (tertiary/aromatic N) is 2. The molecule has 0 bridgehead atoms. The minimum atomic E-state index is -0.257. The molecule has 1 aromatic rings. The van der Waals surface area contributed by atoms with E-state index in [9.17, 15) is 9.59 Å². The predicted molar refractivity (Wildman–Crippen MR) is 58.3 cm³/mol. The van der Waals surface area contributed by atoms with Gasteiger partial charge in [-0.25, -0.2) is 4.79 Å². The number of rotatable bonds is 3. The van der Waals surface area contributed by atoms with Gasteiger partial charge in [0.1, 0.15) is 5.82 Å². The Hall–Kier alpha value is -1.52. The molecular weight excluding hydrogens is 194 g/mol. The molecule has 1 saturated carbocycles. The molecule has 1 aromatic heterocycles. The highest BCUT2D eigenvalue weighted by Crippen LogP contribution is 2.23. The van der Waals surface area contributed by atoms with Crippen molar-refractivity contribution in [1.29, 1.82) is 0 Å². The molecule has 2 rings (SSSR count). The largest absolute Gasteiger partial charge is 0.368 e. The molecule has 0 atom stereocenters. The average molecular weight is 209 g/mol. The molecule has 1 N–H and O–H groups in total. The van der Waals surface area contributed by atoms with E-state index in [1.165, 1.54) is 13.1 Å². The second-order valence-corrected chi connectivity index (χ2v) is 3.87. The van der Waals surface area contributed by atoms with Crippen molar-refractivity contribution in [1.82, 2.24) is 9.13 Å². The second-order valence-electron chi connectivity index (χ2n) is 3.87. The van der Waals surface area contributed by atoms with Gasteiger partial charge in [0.2, 0.25) is 0 Å². The Balaban J connectivity index is 2.51. The highest BCUT2D eigenvalue weighted by molar-refractivity contribution is 5.36. The van der Waals surface area contributed by atoms with Gasteiger partial charge in [0.15, 0.2) is 0 Å². The Bertz CT molecular complexity index is 482. The first-order chi connectivity index (χ1) is 7.13. The van der Waals surface area contributed by atoms with Gasteiger partial charge in [-0.05, 0) is 19.8 Å². The van der Waals surface area contributed by atoms with Crippen molar-refractivity contribution < 1.29 is 0 Å². The van der Waals surface area contributed by atoms with E-state index >= 15 is 0 Å². The molecule has 0 unspecified atom stereocenters. The summed E-state index contributed by atoms with van der Waals surface area (Å²) in [4.78, 5) is 23.2. The van der Waals surface area contributed by atoms with Crippen LogP contribution < -0.4 is 16.6 Å². The van der Waals surface area contributed by atoms with E-state index < -0.39 is 0 Å². The summed E-state index contributed by atoms with van der Waals surface area (Å²) in [6.45, 7) is 2.46. The zero-order chi connectivity index (χ0) is 11.0. The maximum Gasteiger partial charge on any atom is 0.332 e. The first-order valence-corrected chi connectivity index (χ1v) is 5.21. The molecule has 1 fully saturated rings. The molecule has 15 heavy (non-hydrogen) atoms. The summed E-state index contributed by atoms with van der Waals surface area (Å²) in [5.74, 6) is 0.646. The lowest BCUT2D eigenvalue weighted by molar-refractivity contribution is 0.633. The zero-order valence-corrected chi connectivity index (χ0v) is 8.99. The van der Waals surface area contributed by atoms with Crippen LogP contribution in [0.5, 0.6) is 0 Å². The van der Waals surface area contributed by atoms with Gasteiger partial charge in [0.05, 0.1) is 0 Å². The first kappa shape index (κ1) is 10.0. The molecule has 0 saturated heterocycles. The topological polar surface area (TPSA) is 56.0 Å². The summed E-state index contributed by atoms with van der Waals surface area (Å²) < 4.78 is 2.71. The van der Waals surface area contributed by atoms with Crippen LogP contribution in [0.3, 0.4) is 0 Å². The molecule has 0 spiro atoms. The van der Waals surface area contributed by atoms with E-state index in [2.05, 4.69) is 5.32 Å². The van der Waals surface area contributed by atoms with Crippen molar-refractivity contribution in [3.8, 4) is 0 Å². The molecular formula is C10H15N3O2. The molecule has 82 valence electrons. The van der Waals surface area contributed by atoms with Crippen LogP contribution >= 0.6 is 0 Å². The molecule has 5 heteroatoms. The summed E-state index contributed by atoms with van der Waals surface area (Å²) in [5.41, 5.74) is -0.513. The Morgan fingerprint density at radius 1 is 1.47 bits per heavy atom. The summed E-state index contributed by atoms with van der Waals surface area (Å²) in [6, 6.07) is 1.93. The molecule has 0 radical (unpaired) electrons. The van der Waals surface area contributed by atoms with Crippen molar-refractivity contribution in [2.24, 2.45) is 7.05 Å². The Labute approximate surface area is 87.3 Å². The van der Waals surface area contributed by atoms with Gasteiger partial charge in [0, 0.05) is 25.7 Å². The van der Waals surface area contributed by atoms with E-state index in [-0.39, 0.29) is 11.2 Å². The third kappa shape index (κ3) is 1.82. The van der Waals surface area contributed by atoms with Crippen LogP contribution in [-0.4, -0.2) is 15.2 Å². The monoisotopic (exact) mass is 209 g/mol. The fraction of sp³-hybridized carbons (Fsp3) is 0.600. The van der Waals surface area contributed by atoms with Crippen molar-refractivity contribution in [3.63, 3.8) is 0 Å². The van der Waals surface area contributed by atoms with Crippen LogP contribution in [0.15, 0.2) is 15.7 Å². The summed E-state index contributed by atoms with van der Waals surface area (Å²) in [7, 11) is 1.50. The van der Waals surface area contributed by atoms with Gasteiger partial charge in [-0.15, -0.1) is 0 Å². The van der Waals surface area contributed by atoms with E-state index in [0.29, 0.717) is 18.4 Å². The van der Waals surface area contributed by atoms with E-state index in [1.54, 1.807) is 4.57 Å². The van der Waals surface area contributed by atoms with Crippen LogP contribution in [0.25, 0.3) is 0 Å². The maximum atomic E-state index is 11.7. The first-order valence-electron chi connectivity index (χ1n) is 5.21. The van der Waals surface area contributed by atoms with Crippen molar-refractivity contribution >= 4 is 5.82 Å². The lowest BCUT2D eigenvalue weighted by Crippen LogP contribution is -2.38. The summed E-state index contributed by atoms with van der Waals surface area (Å²) >= 11 is 0. The second kappa shape index (κ2) is 3.56. The van der Waals surface area contributed by atoms with E-state index in [0.717, 1.165) is 17.4 Å². The number of aromatic nitrogens is 2. The quantitative estimate of drug-likeness (QED) is 0.770. The Morgan fingerprint density at radius 2 is 2.13 bits per heavy atom. The number of nitrogens with one attached hydrogen (secondary N) is 1. The lowest BCUT2D eigenvalue weighted by atomic mass is 10.5. The van der Waals surface area contributed by atoms with Gasteiger partial charge < -0.3 is 5.32 Å². The van der Waals surface area contributed by atoms with Gasteiger partial charge in [-0.1, -0.05) is 0 Å². The van der Waals surface area contributed by atoms with Crippen molar-refractivity contribution in [2.45, 2.75) is 32.4 Å². The third-order valence-electron chi connectivity index (χ3n) is 2.64. The molecule has 1 heterocycles. The highest BCUT2D eigenvalue weighted by atomic mass is 16.2. The molecule has 0 aromatic carbocycles. The SMILES string of the molecule is CCn1c(NC2CC2)cc(=O)n(C)c1=O. The lowest BCUT2D eigenvalue weighted by Gasteiger charge is -2.12. The van der Waals surface area contributed by atoms with Gasteiger partial charge in [0.25, 0.3) is 5.56 Å². The van der Waals surface area contributed by atoms with Crippen molar-refractivity contribution in [2.75, 3.05) is 5.32 Å². The standard InChI is InChI=1S/C10H15N3O2/c1-3-13-8(11-7-4-5-7)6-9(14)12(2)10(13)15/h6-7,11H,3-5H2,1-2H3. The number of hydrogen-bond donors (Lipinski definition) is 1. The Kier molecular flexibility index (Phi) is 2.38. The van der Waals surface area contributed by atoms with Crippen LogP contribution in [0.2, 0.25) is 0 Å². The van der Waals surface area contributed by atoms with Gasteiger partial charge in [-0.3, -0.25) is 13.9 Å². The summed E-state index contributed by atoms with van der Waals surface area (Å²) in [6.07, 6.45) is 2.24. The molecule has 1 aliphatic carbocycles. The molecule has 0 aliphatic heterocycles. The molecule has 5 nitrogen and oxygen atoms in total. The summed E-state index contributed by atoms with van der Waals surface area (Å²) in [5, 5.41) is 3.19. The average Bonchev–Trinajstić information content (AvgIpc) is 2.99. The van der Waals surface area contributed by atoms with Crippen LogP contribution in [-0.2, 0) is 13.6 Å². The van der Waals surface area contributed by atoms with Crippen LogP contribution in [0.4, 0.5) is 5.82 Å². The fourth-order valence-electron chi connectivity index (χ4n) is 1.53. The minimum absolute atomic E-state index is 0.256. The maximum absolute atomic E-state index is 11.7. The van der Waals surface area contributed by atoms with Crippen LogP contribution in [0.1, 0.15) is 19.8 Å². The fourth-order valence-corrected chi connectivity index (χ4v) is 1.53. The predicted octanol–water partition coefficient (Wildman–Crippen LogP) is 0.141. The van der Waals surface area contributed by atoms with Gasteiger partial charge in [-0.2, -0.15) is 0 Å². The number of anilines is 1. The Morgan fingerprint density at radius 3 is 2.67 bits per heavy atom. The van der Waals surface area contributed by atoms with Gasteiger partial charge >= 0.3 is 5.69 Å². The highest BCUT2D eigenvalue weighted by Gasteiger charge is 2.22. The van der Waals surface area contributed by atoms with Crippen molar-refractivity contribution in [3.05, 3.63) is 26.9 Å². The molecule has 1 aliphatic rings. The molecule has 0 amide bonds. The minimum Gasteiger partial charge on any atom is -0.368 e. The smallest absolute Gasteiger partial charge is 0.332 e. The zero-order valence-electron chi connectivity index (χ0n) is 8.99. The van der Waals surface area contributed by atoms with Crippen LogP contribution in [0, 0.1) is 0 Å².